The van der Waals surface area contributed by atoms with Crippen molar-refractivity contribution in [2.24, 2.45) is 0 Å². The topological polar surface area (TPSA) is 94.1 Å². The molecule has 40 heavy (non-hydrogen) atoms. The summed E-state index contributed by atoms with van der Waals surface area (Å²) in [4.78, 5) is 9.32. The molecule has 0 aliphatic carbocycles. The Morgan fingerprint density at radius 1 is 0.825 bits per heavy atom. The summed E-state index contributed by atoms with van der Waals surface area (Å²) in [5.74, 6) is 0. The van der Waals surface area contributed by atoms with Gasteiger partial charge in [0.25, 0.3) is 0 Å². The first-order valence-corrected chi connectivity index (χ1v) is 17.1. The summed E-state index contributed by atoms with van der Waals surface area (Å²) in [6.45, 7) is 3.43. The van der Waals surface area contributed by atoms with E-state index in [-0.39, 0.29) is 4.90 Å². The van der Waals surface area contributed by atoms with Gasteiger partial charge in [-0.25, -0.2) is 21.8 Å². The van der Waals surface area contributed by atoms with Crippen molar-refractivity contribution in [1.82, 2.24) is 9.97 Å². The number of pyridine rings is 1. The molecule has 0 radical (unpaired) electrons. The van der Waals surface area contributed by atoms with Crippen molar-refractivity contribution in [3.63, 3.8) is 0 Å². The third-order valence-corrected chi connectivity index (χ3v) is 11.1. The van der Waals surface area contributed by atoms with E-state index >= 15 is 0 Å². The second-order valence-corrected chi connectivity index (χ2v) is 15.7. The van der Waals surface area contributed by atoms with Crippen LogP contribution in [0.15, 0.2) is 95.5 Å². The van der Waals surface area contributed by atoms with E-state index < -0.39 is 24.4 Å². The molecule has 0 aliphatic rings. The Labute approximate surface area is 238 Å². The van der Waals surface area contributed by atoms with E-state index in [0.29, 0.717) is 5.56 Å². The highest BCUT2D eigenvalue weighted by molar-refractivity contribution is 7.91. The molecular formula is C31H28N2O4S3. The van der Waals surface area contributed by atoms with Gasteiger partial charge in [-0.3, -0.25) is 4.98 Å². The molecule has 0 unspecified atom stereocenters. The summed E-state index contributed by atoms with van der Waals surface area (Å²) >= 11 is 1.51. The van der Waals surface area contributed by atoms with Crippen LogP contribution in [0.4, 0.5) is 0 Å². The van der Waals surface area contributed by atoms with Gasteiger partial charge in [0.15, 0.2) is 19.7 Å². The van der Waals surface area contributed by atoms with Crippen molar-refractivity contribution in [2.45, 2.75) is 23.5 Å². The summed E-state index contributed by atoms with van der Waals surface area (Å²) in [5, 5.41) is 3.57. The highest BCUT2D eigenvalue weighted by Gasteiger charge is 2.33. The lowest BCUT2D eigenvalue weighted by Gasteiger charge is -2.24. The maximum atomic E-state index is 12.7. The Kier molecular flexibility index (Phi) is 7.24. The van der Waals surface area contributed by atoms with E-state index in [1.165, 1.54) is 23.8 Å². The standard InChI is InChI=1S/C31H28N2O4S3/c1-31(2,40(4,36)37)25-18-24-9-6-14-33-30(24)28(19-25)23-8-5-7-22(17-23)27(20-29-32-15-16-38-29)21-10-12-26(13-11-21)39(3,34)35/h5-20H,1-4H3/b27-20+. The van der Waals surface area contributed by atoms with Gasteiger partial charge in [0.2, 0.25) is 0 Å². The number of thiazole rings is 1. The van der Waals surface area contributed by atoms with Gasteiger partial charge >= 0.3 is 0 Å². The van der Waals surface area contributed by atoms with Crippen LogP contribution in [0.25, 0.3) is 33.7 Å². The fraction of sp³-hybridized carbons (Fsp3) is 0.161. The Morgan fingerprint density at radius 2 is 1.57 bits per heavy atom. The maximum absolute atomic E-state index is 12.7. The van der Waals surface area contributed by atoms with Gasteiger partial charge in [0.05, 0.1) is 15.2 Å². The maximum Gasteiger partial charge on any atom is 0.175 e. The van der Waals surface area contributed by atoms with Crippen molar-refractivity contribution < 1.29 is 16.8 Å². The van der Waals surface area contributed by atoms with Crippen LogP contribution in [0, 0.1) is 0 Å². The average molecular weight is 589 g/mol. The Bertz CT molecular complexity index is 1960. The third kappa shape index (κ3) is 5.50. The molecule has 0 spiro atoms. The molecular weight excluding hydrogens is 561 g/mol. The molecule has 0 fully saturated rings. The minimum absolute atomic E-state index is 0.251. The second-order valence-electron chi connectivity index (χ2n) is 10.2. The average Bonchev–Trinajstić information content (AvgIpc) is 3.43. The predicted octanol–water partition coefficient (Wildman–Crippen LogP) is 6.63. The van der Waals surface area contributed by atoms with Gasteiger partial charge in [-0.15, -0.1) is 11.3 Å². The van der Waals surface area contributed by atoms with Crippen molar-refractivity contribution in [3.05, 3.63) is 112 Å². The van der Waals surface area contributed by atoms with Gasteiger partial charge in [0.1, 0.15) is 5.01 Å². The Balaban J connectivity index is 1.71. The minimum Gasteiger partial charge on any atom is -0.256 e. The van der Waals surface area contributed by atoms with Crippen LogP contribution < -0.4 is 0 Å². The molecule has 0 saturated carbocycles. The molecule has 0 bridgehead atoms. The summed E-state index contributed by atoms with van der Waals surface area (Å²) in [5.41, 5.74) is 5.78. The lowest BCUT2D eigenvalue weighted by Crippen LogP contribution is -2.28. The summed E-state index contributed by atoms with van der Waals surface area (Å²) in [6.07, 6.45) is 7.90. The number of fused-ring (bicyclic) bond motifs is 1. The minimum atomic E-state index is -3.40. The highest BCUT2D eigenvalue weighted by atomic mass is 32.2. The normalized spacial score (nSPS) is 13.1. The molecule has 5 rings (SSSR count). The molecule has 0 saturated heterocycles. The molecule has 0 amide bonds. The molecule has 3 aromatic carbocycles. The van der Waals surface area contributed by atoms with E-state index in [4.69, 9.17) is 0 Å². The first-order valence-electron chi connectivity index (χ1n) is 12.5. The van der Waals surface area contributed by atoms with Crippen LogP contribution >= 0.6 is 11.3 Å². The summed E-state index contributed by atoms with van der Waals surface area (Å²) in [6, 6.07) is 22.4. The molecule has 0 aliphatic heterocycles. The number of sulfone groups is 2. The lowest BCUT2D eigenvalue weighted by atomic mass is 9.91. The Morgan fingerprint density at radius 3 is 2.23 bits per heavy atom. The van der Waals surface area contributed by atoms with Crippen LogP contribution in [-0.2, 0) is 24.4 Å². The van der Waals surface area contributed by atoms with Crippen LogP contribution in [0.5, 0.6) is 0 Å². The molecule has 5 aromatic rings. The second kappa shape index (κ2) is 10.4. The first kappa shape index (κ1) is 27.9. The van der Waals surface area contributed by atoms with Crippen LogP contribution in [0.3, 0.4) is 0 Å². The van der Waals surface area contributed by atoms with E-state index in [1.807, 2.05) is 60.0 Å². The SMILES string of the molecule is CC(C)(c1cc(-c2cccc(/C(=C/c3nccs3)c3ccc(S(C)(=O)=O)cc3)c2)c2ncccc2c1)S(C)(=O)=O. The van der Waals surface area contributed by atoms with E-state index in [2.05, 4.69) is 9.97 Å². The zero-order valence-electron chi connectivity index (χ0n) is 22.5. The number of hydrogen-bond acceptors (Lipinski definition) is 7. The summed E-state index contributed by atoms with van der Waals surface area (Å²) < 4.78 is 48.4. The molecule has 0 N–H and O–H groups in total. The molecule has 0 atom stereocenters. The largest absolute Gasteiger partial charge is 0.256 e. The monoisotopic (exact) mass is 588 g/mol. The molecule has 6 nitrogen and oxygen atoms in total. The summed E-state index contributed by atoms with van der Waals surface area (Å²) in [7, 11) is -6.73. The number of rotatable bonds is 7. The van der Waals surface area contributed by atoms with E-state index in [0.717, 1.165) is 43.7 Å². The predicted molar refractivity (Wildman–Crippen MR) is 164 cm³/mol. The van der Waals surface area contributed by atoms with Gasteiger partial charge in [-0.1, -0.05) is 36.4 Å². The van der Waals surface area contributed by atoms with Gasteiger partial charge in [-0.2, -0.15) is 0 Å². The highest BCUT2D eigenvalue weighted by Crippen LogP contribution is 2.38. The molecule has 2 aromatic heterocycles. The molecule has 204 valence electrons. The number of nitrogens with zero attached hydrogens (tertiary/aromatic N) is 2. The molecule has 2 heterocycles. The number of benzene rings is 3. The van der Waals surface area contributed by atoms with Gasteiger partial charge in [0, 0.05) is 41.2 Å². The first-order chi connectivity index (χ1) is 18.8. The smallest absolute Gasteiger partial charge is 0.175 e. The van der Waals surface area contributed by atoms with Crippen molar-refractivity contribution in [1.29, 1.82) is 0 Å². The zero-order valence-corrected chi connectivity index (χ0v) is 24.9. The van der Waals surface area contributed by atoms with Crippen molar-refractivity contribution in [3.8, 4) is 11.1 Å². The van der Waals surface area contributed by atoms with Gasteiger partial charge < -0.3 is 0 Å². The fourth-order valence-electron chi connectivity index (χ4n) is 4.47. The van der Waals surface area contributed by atoms with Crippen LogP contribution in [0.1, 0.15) is 35.5 Å². The van der Waals surface area contributed by atoms with E-state index in [1.54, 1.807) is 50.5 Å². The van der Waals surface area contributed by atoms with Crippen LogP contribution in [0.2, 0.25) is 0 Å². The number of aromatic nitrogens is 2. The quantitative estimate of drug-likeness (QED) is 0.212. The van der Waals surface area contributed by atoms with Gasteiger partial charge in [-0.05, 0) is 84.1 Å². The third-order valence-electron chi connectivity index (χ3n) is 7.12. The van der Waals surface area contributed by atoms with Crippen molar-refractivity contribution in [2.75, 3.05) is 12.5 Å². The molecule has 9 heteroatoms. The Hall–Kier alpha value is -3.66. The number of hydrogen-bond donors (Lipinski definition) is 0. The lowest BCUT2D eigenvalue weighted by molar-refractivity contribution is 0.561. The van der Waals surface area contributed by atoms with E-state index in [9.17, 15) is 16.8 Å². The zero-order chi connectivity index (χ0) is 28.7. The van der Waals surface area contributed by atoms with Crippen molar-refractivity contribution >= 4 is 53.6 Å². The fourth-order valence-corrected chi connectivity index (χ4v) is 6.22. The van der Waals surface area contributed by atoms with Crippen LogP contribution in [-0.4, -0.2) is 39.3 Å².